The molecule has 6 nitrogen and oxygen atoms in total. The standard InChI is InChI=1S/C15H19F2N3O3/c16-15(17)5-9(6-15)13(21)20-7-10-11(8-20)23-18-12(10)14(22)19-3-1-2-4-19/h9-11H,1-8H2/t10-,11+/m0/s1. The molecule has 4 aliphatic rings. The number of amides is 2. The summed E-state index contributed by atoms with van der Waals surface area (Å²) in [5.74, 6) is -3.89. The Morgan fingerprint density at radius 1 is 1.13 bits per heavy atom. The highest BCUT2D eigenvalue weighted by Gasteiger charge is 2.53. The summed E-state index contributed by atoms with van der Waals surface area (Å²) in [6.45, 7) is 2.12. The molecule has 3 fully saturated rings. The molecule has 8 heteroatoms. The fourth-order valence-electron chi connectivity index (χ4n) is 3.89. The summed E-state index contributed by atoms with van der Waals surface area (Å²) in [4.78, 5) is 33.4. The number of hydrogen-bond donors (Lipinski definition) is 0. The molecule has 126 valence electrons. The molecule has 4 rings (SSSR count). The van der Waals surface area contributed by atoms with E-state index in [4.69, 9.17) is 4.84 Å². The molecule has 0 aromatic heterocycles. The lowest BCUT2D eigenvalue weighted by molar-refractivity contribution is -0.159. The minimum Gasteiger partial charge on any atom is -0.389 e. The van der Waals surface area contributed by atoms with Crippen molar-refractivity contribution in [1.29, 1.82) is 0 Å². The van der Waals surface area contributed by atoms with E-state index in [-0.39, 0.29) is 36.7 Å². The van der Waals surface area contributed by atoms with E-state index in [9.17, 15) is 18.4 Å². The molecule has 3 aliphatic heterocycles. The van der Waals surface area contributed by atoms with Crippen molar-refractivity contribution >= 4 is 17.5 Å². The van der Waals surface area contributed by atoms with Crippen LogP contribution in [-0.4, -0.2) is 65.5 Å². The van der Waals surface area contributed by atoms with Crippen molar-refractivity contribution < 1.29 is 23.2 Å². The number of alkyl halides is 2. The highest BCUT2D eigenvalue weighted by atomic mass is 19.3. The van der Waals surface area contributed by atoms with Gasteiger partial charge in [0.1, 0.15) is 0 Å². The summed E-state index contributed by atoms with van der Waals surface area (Å²) in [5.41, 5.74) is 0.381. The third-order valence-electron chi connectivity index (χ3n) is 5.27. The normalized spacial score (nSPS) is 32.3. The van der Waals surface area contributed by atoms with Crippen LogP contribution < -0.4 is 0 Å². The van der Waals surface area contributed by atoms with Gasteiger partial charge in [-0.3, -0.25) is 9.59 Å². The van der Waals surface area contributed by atoms with E-state index in [0.29, 0.717) is 18.8 Å². The SMILES string of the molecule is O=C(C1=NO[C@@H]2CN(C(=O)C3CC(F)(F)C3)C[C@H]12)N1CCCC1. The van der Waals surface area contributed by atoms with Gasteiger partial charge in [-0.25, -0.2) is 8.78 Å². The molecule has 1 aliphatic carbocycles. The van der Waals surface area contributed by atoms with Crippen molar-refractivity contribution in [1.82, 2.24) is 9.80 Å². The van der Waals surface area contributed by atoms with Gasteiger partial charge in [0.25, 0.3) is 5.91 Å². The Balaban J connectivity index is 1.39. The summed E-state index contributed by atoms with van der Waals surface area (Å²) in [5, 5.41) is 3.93. The Bertz CT molecular complexity index is 566. The van der Waals surface area contributed by atoms with Gasteiger partial charge >= 0.3 is 0 Å². The first-order valence-electron chi connectivity index (χ1n) is 8.14. The molecule has 1 saturated carbocycles. The van der Waals surface area contributed by atoms with Crippen molar-refractivity contribution in [2.75, 3.05) is 26.2 Å². The zero-order chi connectivity index (χ0) is 16.2. The smallest absolute Gasteiger partial charge is 0.272 e. The molecule has 0 aromatic rings. The van der Waals surface area contributed by atoms with Crippen molar-refractivity contribution in [3.05, 3.63) is 0 Å². The molecule has 0 aromatic carbocycles. The minimum absolute atomic E-state index is 0.112. The van der Waals surface area contributed by atoms with Crippen molar-refractivity contribution in [3.63, 3.8) is 0 Å². The number of oxime groups is 1. The first-order valence-corrected chi connectivity index (χ1v) is 8.14. The number of likely N-dealkylation sites (tertiary alicyclic amines) is 2. The molecule has 0 radical (unpaired) electrons. The van der Waals surface area contributed by atoms with Gasteiger partial charge in [0.05, 0.1) is 12.5 Å². The monoisotopic (exact) mass is 327 g/mol. The lowest BCUT2D eigenvalue weighted by Crippen LogP contribution is -2.46. The van der Waals surface area contributed by atoms with Crippen LogP contribution in [0.15, 0.2) is 5.16 Å². The van der Waals surface area contributed by atoms with Gasteiger partial charge in [0, 0.05) is 38.4 Å². The number of rotatable bonds is 2. The molecule has 2 atom stereocenters. The van der Waals surface area contributed by atoms with Crippen LogP contribution in [0.4, 0.5) is 8.78 Å². The van der Waals surface area contributed by atoms with Crippen molar-refractivity contribution in [2.45, 2.75) is 37.7 Å². The summed E-state index contributed by atoms with van der Waals surface area (Å²) in [7, 11) is 0. The molecule has 0 bridgehead atoms. The summed E-state index contributed by atoms with van der Waals surface area (Å²) in [6.07, 6.45) is 0.933. The predicted octanol–water partition coefficient (Wildman–Crippen LogP) is 0.867. The molecule has 0 spiro atoms. The number of nitrogens with zero attached hydrogens (tertiary/aromatic N) is 3. The van der Waals surface area contributed by atoms with Crippen LogP contribution in [0.3, 0.4) is 0 Å². The molecule has 3 heterocycles. The Hall–Kier alpha value is -1.73. The van der Waals surface area contributed by atoms with Gasteiger partial charge in [0.2, 0.25) is 11.8 Å². The maximum absolute atomic E-state index is 12.9. The number of hydrogen-bond acceptors (Lipinski definition) is 4. The second-order valence-corrected chi connectivity index (χ2v) is 6.93. The van der Waals surface area contributed by atoms with Gasteiger partial charge in [0.15, 0.2) is 11.8 Å². The molecule has 2 amide bonds. The summed E-state index contributed by atoms with van der Waals surface area (Å²) < 4.78 is 25.9. The van der Waals surface area contributed by atoms with Gasteiger partial charge in [-0.05, 0) is 12.8 Å². The summed E-state index contributed by atoms with van der Waals surface area (Å²) in [6, 6.07) is 0. The lowest BCUT2D eigenvalue weighted by atomic mass is 9.80. The van der Waals surface area contributed by atoms with E-state index in [2.05, 4.69) is 5.16 Å². The predicted molar refractivity (Wildman–Crippen MR) is 75.9 cm³/mol. The largest absolute Gasteiger partial charge is 0.389 e. The van der Waals surface area contributed by atoms with Gasteiger partial charge < -0.3 is 14.6 Å². The van der Waals surface area contributed by atoms with Gasteiger partial charge in [-0.15, -0.1) is 0 Å². The lowest BCUT2D eigenvalue weighted by Gasteiger charge is -2.36. The van der Waals surface area contributed by atoms with Gasteiger partial charge in [-0.1, -0.05) is 5.16 Å². The first-order chi connectivity index (χ1) is 10.9. The van der Waals surface area contributed by atoms with Crippen LogP contribution in [0.1, 0.15) is 25.7 Å². The van der Waals surface area contributed by atoms with Crippen LogP contribution in [0.2, 0.25) is 0 Å². The number of carbonyl (C=O) groups excluding carboxylic acids is 2. The molecule has 2 saturated heterocycles. The molecular formula is C15H19F2N3O3. The maximum atomic E-state index is 12.9. The highest BCUT2D eigenvalue weighted by Crippen LogP contribution is 2.44. The fraction of sp³-hybridized carbons (Fsp3) is 0.800. The van der Waals surface area contributed by atoms with Crippen LogP contribution in [0.25, 0.3) is 0 Å². The second kappa shape index (κ2) is 5.14. The van der Waals surface area contributed by atoms with Crippen LogP contribution >= 0.6 is 0 Å². The van der Waals surface area contributed by atoms with Crippen LogP contribution in [0.5, 0.6) is 0 Å². The number of fused-ring (bicyclic) bond motifs is 1. The van der Waals surface area contributed by atoms with Crippen LogP contribution in [-0.2, 0) is 14.4 Å². The third-order valence-corrected chi connectivity index (χ3v) is 5.27. The Morgan fingerprint density at radius 3 is 2.48 bits per heavy atom. The van der Waals surface area contributed by atoms with Crippen molar-refractivity contribution in [3.8, 4) is 0 Å². The van der Waals surface area contributed by atoms with E-state index < -0.39 is 11.8 Å². The summed E-state index contributed by atoms with van der Waals surface area (Å²) >= 11 is 0. The minimum atomic E-state index is -2.70. The van der Waals surface area contributed by atoms with Crippen molar-refractivity contribution in [2.24, 2.45) is 17.0 Å². The molecule has 0 N–H and O–H groups in total. The molecule has 23 heavy (non-hydrogen) atoms. The number of carbonyl (C=O) groups is 2. The molecule has 0 unspecified atom stereocenters. The topological polar surface area (TPSA) is 62.2 Å². The maximum Gasteiger partial charge on any atom is 0.272 e. The van der Waals surface area contributed by atoms with E-state index in [1.165, 1.54) is 0 Å². The van der Waals surface area contributed by atoms with Crippen LogP contribution in [0, 0.1) is 11.8 Å². The number of halogens is 2. The Labute approximate surface area is 132 Å². The highest BCUT2D eigenvalue weighted by molar-refractivity contribution is 6.40. The first kappa shape index (κ1) is 14.8. The second-order valence-electron chi connectivity index (χ2n) is 6.93. The molecular weight excluding hydrogens is 308 g/mol. The van der Waals surface area contributed by atoms with E-state index in [1.54, 1.807) is 9.80 Å². The average Bonchev–Trinajstić information content (AvgIpc) is 3.18. The zero-order valence-electron chi connectivity index (χ0n) is 12.7. The zero-order valence-corrected chi connectivity index (χ0v) is 12.7. The average molecular weight is 327 g/mol. The fourth-order valence-corrected chi connectivity index (χ4v) is 3.89. The quantitative estimate of drug-likeness (QED) is 0.756. The van der Waals surface area contributed by atoms with Gasteiger partial charge in [-0.2, -0.15) is 0 Å². The third kappa shape index (κ3) is 2.48. The van der Waals surface area contributed by atoms with E-state index in [0.717, 1.165) is 25.9 Å². The van der Waals surface area contributed by atoms with E-state index >= 15 is 0 Å². The van der Waals surface area contributed by atoms with E-state index in [1.807, 2.05) is 0 Å². The Morgan fingerprint density at radius 2 is 1.83 bits per heavy atom. The Kier molecular flexibility index (Phi) is 3.32.